The maximum atomic E-state index is 13.1. The predicted molar refractivity (Wildman–Crippen MR) is 121 cm³/mol. The van der Waals surface area contributed by atoms with Crippen LogP contribution in [0.5, 0.6) is 11.5 Å². The number of thioether (sulfide) groups is 1. The van der Waals surface area contributed by atoms with E-state index in [4.69, 9.17) is 9.47 Å². The molecule has 0 aliphatic heterocycles. The van der Waals surface area contributed by atoms with Crippen LogP contribution in [-0.4, -0.2) is 28.2 Å². The number of halogens is 1. The van der Waals surface area contributed by atoms with Crippen molar-refractivity contribution in [3.05, 3.63) is 88.6 Å². The summed E-state index contributed by atoms with van der Waals surface area (Å²) in [4.78, 5) is 19.4. The van der Waals surface area contributed by atoms with E-state index in [0.717, 1.165) is 28.4 Å². The predicted octanol–water partition coefficient (Wildman–Crippen LogP) is 5.51. The summed E-state index contributed by atoms with van der Waals surface area (Å²) < 4.78 is 24.2. The largest absolute Gasteiger partial charge is 0.493 e. The molecule has 0 spiro atoms. The molecule has 0 fully saturated rings. The third-order valence-electron chi connectivity index (χ3n) is 4.58. The van der Waals surface area contributed by atoms with Crippen molar-refractivity contribution in [2.75, 3.05) is 7.11 Å². The summed E-state index contributed by atoms with van der Waals surface area (Å²) in [6, 6.07) is 18.7. The van der Waals surface area contributed by atoms with Gasteiger partial charge < -0.3 is 19.6 Å². The monoisotopic (exact) mass is 450 g/mol. The molecule has 0 aliphatic rings. The van der Waals surface area contributed by atoms with Crippen molar-refractivity contribution in [3.63, 3.8) is 0 Å². The van der Waals surface area contributed by atoms with E-state index in [9.17, 15) is 14.3 Å². The summed E-state index contributed by atoms with van der Waals surface area (Å²) in [6.07, 6.45) is 1.55. The van der Waals surface area contributed by atoms with Crippen LogP contribution in [0, 0.1) is 5.82 Å². The van der Waals surface area contributed by atoms with E-state index in [2.05, 4.69) is 9.97 Å². The molecule has 0 saturated carbocycles. The fraction of sp³-hybridized carbons (Fsp3) is 0.0833. The van der Waals surface area contributed by atoms with Crippen molar-refractivity contribution in [1.82, 2.24) is 9.97 Å². The number of carbonyl (C=O) groups is 1. The van der Waals surface area contributed by atoms with Crippen molar-refractivity contribution in [2.45, 2.75) is 11.8 Å². The minimum Gasteiger partial charge on any atom is -0.493 e. The molecular formula is C24H19FN2O4S. The summed E-state index contributed by atoms with van der Waals surface area (Å²) in [5.74, 6) is -0.418. The van der Waals surface area contributed by atoms with Gasteiger partial charge in [0.1, 0.15) is 17.3 Å². The lowest BCUT2D eigenvalue weighted by Crippen LogP contribution is -1.99. The van der Waals surface area contributed by atoms with Gasteiger partial charge in [0.15, 0.2) is 16.7 Å². The Morgan fingerprint density at radius 2 is 1.91 bits per heavy atom. The number of ether oxygens (including phenoxy) is 2. The molecule has 2 N–H and O–H groups in total. The first-order valence-corrected chi connectivity index (χ1v) is 10.5. The number of aliphatic carboxylic acids is 1. The van der Waals surface area contributed by atoms with Crippen LogP contribution in [0.3, 0.4) is 0 Å². The van der Waals surface area contributed by atoms with Gasteiger partial charge in [0.2, 0.25) is 0 Å². The lowest BCUT2D eigenvalue weighted by Gasteiger charge is -2.12. The summed E-state index contributed by atoms with van der Waals surface area (Å²) in [7, 11) is 1.51. The van der Waals surface area contributed by atoms with Gasteiger partial charge in [0, 0.05) is 0 Å². The Morgan fingerprint density at radius 1 is 1.12 bits per heavy atom. The number of H-pyrrole nitrogens is 1. The molecule has 0 unspecified atom stereocenters. The molecule has 3 aromatic carbocycles. The zero-order valence-electron chi connectivity index (χ0n) is 17.0. The normalized spacial score (nSPS) is 11.5. The second-order valence-electron chi connectivity index (χ2n) is 6.80. The number of hydrogen-bond acceptors (Lipinski definition) is 5. The number of imidazole rings is 1. The number of carboxylic acids is 1. The van der Waals surface area contributed by atoms with Crippen molar-refractivity contribution in [1.29, 1.82) is 0 Å². The third kappa shape index (κ3) is 5.09. The van der Waals surface area contributed by atoms with Crippen LogP contribution in [0.4, 0.5) is 4.39 Å². The second-order valence-corrected chi connectivity index (χ2v) is 7.83. The fourth-order valence-electron chi connectivity index (χ4n) is 3.00. The van der Waals surface area contributed by atoms with Crippen LogP contribution in [-0.2, 0) is 11.4 Å². The SMILES string of the molecule is COc1cc(/C=C(\Sc2nc3ccccc3[nH]2)C(=O)O)ccc1OCc1ccc(F)cc1. The highest BCUT2D eigenvalue weighted by molar-refractivity contribution is 8.04. The van der Waals surface area contributed by atoms with E-state index in [0.29, 0.717) is 22.2 Å². The number of carboxylic acid groups (broad SMARTS) is 1. The van der Waals surface area contributed by atoms with Crippen LogP contribution in [0.1, 0.15) is 11.1 Å². The summed E-state index contributed by atoms with van der Waals surface area (Å²) >= 11 is 1.04. The quantitative estimate of drug-likeness (QED) is 0.272. The molecule has 4 aromatic rings. The van der Waals surface area contributed by atoms with Crippen LogP contribution >= 0.6 is 11.8 Å². The first kappa shape index (κ1) is 21.5. The van der Waals surface area contributed by atoms with E-state index in [1.54, 1.807) is 36.4 Å². The van der Waals surface area contributed by atoms with Crippen molar-refractivity contribution < 1.29 is 23.8 Å². The van der Waals surface area contributed by atoms with Crippen LogP contribution in [0.15, 0.2) is 76.8 Å². The van der Waals surface area contributed by atoms with Gasteiger partial charge in [-0.1, -0.05) is 30.3 Å². The Hall–Kier alpha value is -3.78. The highest BCUT2D eigenvalue weighted by Gasteiger charge is 2.14. The Balaban J connectivity index is 1.53. The zero-order valence-corrected chi connectivity index (χ0v) is 17.9. The molecular weight excluding hydrogens is 431 g/mol. The second kappa shape index (κ2) is 9.57. The summed E-state index contributed by atoms with van der Waals surface area (Å²) in [5.41, 5.74) is 3.05. The Bertz CT molecular complexity index is 1250. The van der Waals surface area contributed by atoms with Crippen molar-refractivity contribution in [2.24, 2.45) is 0 Å². The highest BCUT2D eigenvalue weighted by atomic mass is 32.2. The van der Waals surface area contributed by atoms with Crippen LogP contribution in [0.2, 0.25) is 0 Å². The number of rotatable bonds is 8. The number of nitrogens with one attached hydrogen (secondary N) is 1. The number of aromatic amines is 1. The highest BCUT2D eigenvalue weighted by Crippen LogP contribution is 2.32. The van der Waals surface area contributed by atoms with E-state index in [-0.39, 0.29) is 17.3 Å². The van der Waals surface area contributed by atoms with Gasteiger partial charge in [0.25, 0.3) is 0 Å². The molecule has 0 radical (unpaired) electrons. The first-order chi connectivity index (χ1) is 15.5. The minimum absolute atomic E-state index is 0.103. The molecule has 162 valence electrons. The van der Waals surface area contributed by atoms with Gasteiger partial charge in [-0.3, -0.25) is 0 Å². The van der Waals surface area contributed by atoms with Gasteiger partial charge in [-0.15, -0.1) is 0 Å². The van der Waals surface area contributed by atoms with Gasteiger partial charge in [-0.05, 0) is 65.4 Å². The summed E-state index contributed by atoms with van der Waals surface area (Å²) in [6.45, 7) is 0.244. The van der Waals surface area contributed by atoms with Gasteiger partial charge in [-0.2, -0.15) is 0 Å². The lowest BCUT2D eigenvalue weighted by molar-refractivity contribution is -0.131. The Morgan fingerprint density at radius 3 is 2.62 bits per heavy atom. The lowest BCUT2D eigenvalue weighted by atomic mass is 10.2. The number of methoxy groups -OCH3 is 1. The van der Waals surface area contributed by atoms with Gasteiger partial charge >= 0.3 is 5.97 Å². The number of benzene rings is 3. The molecule has 1 aromatic heterocycles. The minimum atomic E-state index is -1.06. The Kier molecular flexibility index (Phi) is 6.42. The molecule has 0 aliphatic carbocycles. The standard InChI is InChI=1S/C24H19FN2O4S/c1-30-21-12-16(8-11-20(21)31-14-15-6-9-17(25)10-7-15)13-22(23(28)29)32-24-26-18-4-2-3-5-19(18)27-24/h2-13H,14H2,1H3,(H,26,27)(H,28,29)/b22-13-. The number of aromatic nitrogens is 2. The van der Waals surface area contributed by atoms with Crippen molar-refractivity contribution >= 4 is 34.8 Å². The molecule has 32 heavy (non-hydrogen) atoms. The van der Waals surface area contributed by atoms with Crippen molar-refractivity contribution in [3.8, 4) is 11.5 Å². The molecule has 8 heteroatoms. The van der Waals surface area contributed by atoms with E-state index >= 15 is 0 Å². The molecule has 0 saturated heterocycles. The topological polar surface area (TPSA) is 84.4 Å². The number of nitrogens with zero attached hydrogens (tertiary/aromatic N) is 1. The van der Waals surface area contributed by atoms with E-state index < -0.39 is 5.97 Å². The average molecular weight is 450 g/mol. The smallest absolute Gasteiger partial charge is 0.342 e. The fourth-order valence-corrected chi connectivity index (χ4v) is 3.80. The third-order valence-corrected chi connectivity index (χ3v) is 5.48. The maximum absolute atomic E-state index is 13.1. The molecule has 0 amide bonds. The average Bonchev–Trinajstić information content (AvgIpc) is 3.21. The molecule has 1 heterocycles. The molecule has 0 atom stereocenters. The zero-order chi connectivity index (χ0) is 22.5. The van der Waals surface area contributed by atoms with Crippen LogP contribution < -0.4 is 9.47 Å². The maximum Gasteiger partial charge on any atom is 0.342 e. The number of para-hydroxylation sites is 2. The van der Waals surface area contributed by atoms with Gasteiger partial charge in [0.05, 0.1) is 18.1 Å². The van der Waals surface area contributed by atoms with Gasteiger partial charge in [-0.25, -0.2) is 14.2 Å². The Labute approximate surface area is 187 Å². The number of fused-ring (bicyclic) bond motifs is 1. The molecule has 0 bridgehead atoms. The van der Waals surface area contributed by atoms with E-state index in [1.165, 1.54) is 19.2 Å². The molecule has 4 rings (SSSR count). The summed E-state index contributed by atoms with van der Waals surface area (Å²) in [5, 5.41) is 10.2. The van der Waals surface area contributed by atoms with E-state index in [1.807, 2.05) is 24.3 Å². The number of hydrogen-bond donors (Lipinski definition) is 2. The first-order valence-electron chi connectivity index (χ1n) is 9.65. The molecule has 6 nitrogen and oxygen atoms in total. The van der Waals surface area contributed by atoms with Crippen LogP contribution in [0.25, 0.3) is 17.1 Å².